The molecular weight excluding hydrogens is 303 g/mol. The van der Waals surface area contributed by atoms with Gasteiger partial charge in [-0.25, -0.2) is 0 Å². The van der Waals surface area contributed by atoms with Gasteiger partial charge in [-0.1, -0.05) is 0 Å². The van der Waals surface area contributed by atoms with Gasteiger partial charge in [-0.3, -0.25) is 4.79 Å². The van der Waals surface area contributed by atoms with Crippen LogP contribution in [0.2, 0.25) is 0 Å². The molecule has 4 fully saturated rings. The molecule has 7 atom stereocenters. The summed E-state index contributed by atoms with van der Waals surface area (Å²) in [4.78, 5) is 10.7. The molecule has 0 amide bonds. The van der Waals surface area contributed by atoms with Crippen molar-refractivity contribution in [3.05, 3.63) is 0 Å². The second-order valence-electron chi connectivity index (χ2n) is 6.50. The third-order valence-electron chi connectivity index (χ3n) is 5.39. The highest BCUT2D eigenvalue weighted by atomic mass is 35.5. The topological polar surface area (TPSA) is 51.4 Å². The molecule has 2 aliphatic heterocycles. The van der Waals surface area contributed by atoms with Crippen molar-refractivity contribution in [2.75, 3.05) is 7.11 Å². The Morgan fingerprint density at radius 2 is 1.90 bits per heavy atom. The first-order valence-electron chi connectivity index (χ1n) is 7.25. The average molecular weight is 321 g/mol. The number of carbonyl (C=O) groups is 1. The Kier molecular flexibility index (Phi) is 2.89. The summed E-state index contributed by atoms with van der Waals surface area (Å²) < 4.78 is 16.3. The van der Waals surface area contributed by atoms with Gasteiger partial charge in [0.2, 0.25) is 0 Å². The second-order valence-corrected chi connectivity index (χ2v) is 7.93. The number of fused-ring (bicyclic) bond motifs is 2. The summed E-state index contributed by atoms with van der Waals surface area (Å²) in [7, 11) is 1.38. The number of carbonyl (C=O) groups excluding carboxylic acids is 1. The van der Waals surface area contributed by atoms with Crippen LogP contribution in [-0.2, 0) is 19.0 Å². The standard InChI is InChI=1S/C14H18Cl2O4/c1-18-12(17)14(16)5-3-8-10(20-8)11(14)13(15)4-2-7-9(6-13)19-7/h7-11H,2-6H2,1H3. The van der Waals surface area contributed by atoms with Crippen LogP contribution in [-0.4, -0.2) is 47.2 Å². The number of methoxy groups -OCH3 is 1. The van der Waals surface area contributed by atoms with Gasteiger partial charge in [0.15, 0.2) is 0 Å². The lowest BCUT2D eigenvalue weighted by Crippen LogP contribution is -2.57. The lowest BCUT2D eigenvalue weighted by molar-refractivity contribution is -0.147. The number of esters is 1. The second kappa shape index (κ2) is 4.25. The van der Waals surface area contributed by atoms with Crippen molar-refractivity contribution in [1.82, 2.24) is 0 Å². The first-order chi connectivity index (χ1) is 9.48. The van der Waals surface area contributed by atoms with E-state index in [0.717, 1.165) is 25.7 Å². The minimum atomic E-state index is -1.06. The van der Waals surface area contributed by atoms with Gasteiger partial charge >= 0.3 is 5.97 Å². The Bertz CT molecular complexity index is 458. The van der Waals surface area contributed by atoms with E-state index in [-0.39, 0.29) is 30.2 Å². The molecule has 0 aromatic heterocycles. The maximum atomic E-state index is 12.2. The van der Waals surface area contributed by atoms with Crippen LogP contribution in [0.5, 0.6) is 0 Å². The number of alkyl halides is 2. The van der Waals surface area contributed by atoms with Gasteiger partial charge in [0.1, 0.15) is 4.87 Å². The fourth-order valence-corrected chi connectivity index (χ4v) is 5.41. The van der Waals surface area contributed by atoms with Gasteiger partial charge in [-0.2, -0.15) is 0 Å². The highest BCUT2D eigenvalue weighted by Gasteiger charge is 2.69. The highest BCUT2D eigenvalue weighted by Crippen LogP contribution is 2.60. The molecule has 0 aromatic rings. The van der Waals surface area contributed by atoms with Crippen molar-refractivity contribution in [3.8, 4) is 0 Å². The molecule has 2 heterocycles. The predicted molar refractivity (Wildman–Crippen MR) is 73.1 cm³/mol. The van der Waals surface area contributed by atoms with Crippen molar-refractivity contribution < 1.29 is 19.0 Å². The molecule has 2 aliphatic carbocycles. The first kappa shape index (κ1) is 13.6. The van der Waals surface area contributed by atoms with Crippen LogP contribution in [0.3, 0.4) is 0 Å². The summed E-state index contributed by atoms with van der Waals surface area (Å²) >= 11 is 13.6. The van der Waals surface area contributed by atoms with Crippen LogP contribution >= 0.6 is 23.2 Å². The lowest BCUT2D eigenvalue weighted by atomic mass is 9.66. The van der Waals surface area contributed by atoms with E-state index in [1.807, 2.05) is 0 Å². The van der Waals surface area contributed by atoms with E-state index in [9.17, 15) is 4.79 Å². The smallest absolute Gasteiger partial charge is 0.327 e. The van der Waals surface area contributed by atoms with Gasteiger partial charge in [0, 0.05) is 5.92 Å². The molecule has 2 saturated carbocycles. The summed E-state index contributed by atoms with van der Waals surface area (Å²) in [6, 6.07) is 0. The molecule has 0 aromatic carbocycles. The van der Waals surface area contributed by atoms with Crippen LogP contribution in [0.1, 0.15) is 32.1 Å². The zero-order valence-corrected chi connectivity index (χ0v) is 12.8. The monoisotopic (exact) mass is 320 g/mol. The van der Waals surface area contributed by atoms with Gasteiger partial charge in [-0.15, -0.1) is 23.2 Å². The van der Waals surface area contributed by atoms with Crippen LogP contribution in [0.25, 0.3) is 0 Å². The van der Waals surface area contributed by atoms with Crippen molar-refractivity contribution >= 4 is 29.2 Å². The molecule has 6 heteroatoms. The van der Waals surface area contributed by atoms with Gasteiger partial charge < -0.3 is 14.2 Å². The molecule has 7 unspecified atom stereocenters. The summed E-state index contributed by atoms with van der Waals surface area (Å²) in [6.07, 6.45) is 4.68. The molecule has 4 rings (SSSR count). The van der Waals surface area contributed by atoms with Crippen LogP contribution in [0.15, 0.2) is 0 Å². The molecule has 4 nitrogen and oxygen atoms in total. The Hall–Kier alpha value is -0.0300. The lowest BCUT2D eigenvalue weighted by Gasteiger charge is -2.45. The van der Waals surface area contributed by atoms with E-state index in [0.29, 0.717) is 12.5 Å². The summed E-state index contributed by atoms with van der Waals surface area (Å²) in [5.41, 5.74) is 0. The van der Waals surface area contributed by atoms with Crippen LogP contribution in [0.4, 0.5) is 0 Å². The predicted octanol–water partition coefficient (Wildman–Crippen LogP) is 2.24. The van der Waals surface area contributed by atoms with E-state index in [2.05, 4.69) is 0 Å². The van der Waals surface area contributed by atoms with E-state index in [1.54, 1.807) is 0 Å². The number of rotatable bonds is 2. The molecule has 4 aliphatic rings. The zero-order chi connectivity index (χ0) is 14.1. The molecular formula is C14H18Cl2O4. The largest absolute Gasteiger partial charge is 0.468 e. The summed E-state index contributed by atoms with van der Waals surface area (Å²) in [5.74, 6) is -0.577. The minimum Gasteiger partial charge on any atom is -0.468 e. The van der Waals surface area contributed by atoms with Crippen LogP contribution in [0, 0.1) is 5.92 Å². The number of ether oxygens (including phenoxy) is 3. The Labute approximate surface area is 128 Å². The third kappa shape index (κ3) is 1.84. The molecule has 2 saturated heterocycles. The van der Waals surface area contributed by atoms with E-state index in [1.165, 1.54) is 7.11 Å². The molecule has 0 radical (unpaired) electrons. The van der Waals surface area contributed by atoms with Crippen molar-refractivity contribution in [2.45, 2.75) is 66.3 Å². The molecule has 0 N–H and O–H groups in total. The Morgan fingerprint density at radius 3 is 2.60 bits per heavy atom. The van der Waals surface area contributed by atoms with E-state index < -0.39 is 9.75 Å². The van der Waals surface area contributed by atoms with Crippen molar-refractivity contribution in [3.63, 3.8) is 0 Å². The quantitative estimate of drug-likeness (QED) is 0.445. The maximum Gasteiger partial charge on any atom is 0.327 e. The van der Waals surface area contributed by atoms with Crippen molar-refractivity contribution in [2.24, 2.45) is 5.92 Å². The van der Waals surface area contributed by atoms with E-state index >= 15 is 0 Å². The van der Waals surface area contributed by atoms with E-state index in [4.69, 9.17) is 37.4 Å². The summed E-state index contributed by atoms with van der Waals surface area (Å²) in [6.45, 7) is 0. The SMILES string of the molecule is COC(=O)C1(Cl)CCC2OC2C1C1(Cl)CCC2OC2C1. The molecule has 0 spiro atoms. The molecule has 20 heavy (non-hydrogen) atoms. The van der Waals surface area contributed by atoms with Crippen LogP contribution < -0.4 is 0 Å². The fraction of sp³-hybridized carbons (Fsp3) is 0.929. The zero-order valence-electron chi connectivity index (χ0n) is 11.3. The normalized spacial score (nSPS) is 56.5. The van der Waals surface area contributed by atoms with Gasteiger partial charge in [0.25, 0.3) is 0 Å². The molecule has 0 bridgehead atoms. The number of hydrogen-bond donors (Lipinski definition) is 0. The number of hydrogen-bond acceptors (Lipinski definition) is 4. The Balaban J connectivity index is 1.66. The minimum absolute atomic E-state index is 0.00634. The first-order valence-corrected chi connectivity index (χ1v) is 8.01. The Morgan fingerprint density at radius 1 is 1.15 bits per heavy atom. The third-order valence-corrected chi connectivity index (χ3v) is 6.55. The summed E-state index contributed by atoms with van der Waals surface area (Å²) in [5, 5.41) is 0. The van der Waals surface area contributed by atoms with Crippen molar-refractivity contribution in [1.29, 1.82) is 0 Å². The average Bonchev–Trinajstić information content (AvgIpc) is 3.30. The van der Waals surface area contributed by atoms with Gasteiger partial charge in [0.05, 0.1) is 36.4 Å². The maximum absolute atomic E-state index is 12.2. The number of epoxide rings is 2. The fourth-order valence-electron chi connectivity index (χ4n) is 4.27. The highest BCUT2D eigenvalue weighted by molar-refractivity contribution is 6.35. The number of halogens is 2. The van der Waals surface area contributed by atoms with Gasteiger partial charge in [-0.05, 0) is 32.1 Å². The molecule has 112 valence electrons.